The standard InChI is InChI=1S/C24H24ClN3O3S/c1-26(19-8-4-2-5-9-19)32(30,31)21-12-13-23(25)22(18-21)24(29)28-16-14-27(15-17-28)20-10-6-3-7-11-20/h2-13,18H,14-17H2,1H3. The number of carbonyl (C=O) groups excluding carboxylic acids is 1. The predicted molar refractivity (Wildman–Crippen MR) is 128 cm³/mol. The number of hydrogen-bond acceptors (Lipinski definition) is 4. The van der Waals surface area contributed by atoms with Crippen molar-refractivity contribution < 1.29 is 13.2 Å². The van der Waals surface area contributed by atoms with Gasteiger partial charge in [-0.05, 0) is 42.5 Å². The minimum Gasteiger partial charge on any atom is -0.368 e. The summed E-state index contributed by atoms with van der Waals surface area (Å²) < 4.78 is 27.5. The minimum absolute atomic E-state index is 0.0273. The fraction of sp³-hybridized carbons (Fsp3) is 0.208. The Bertz CT molecular complexity index is 1200. The van der Waals surface area contributed by atoms with E-state index in [4.69, 9.17) is 11.6 Å². The van der Waals surface area contributed by atoms with Gasteiger partial charge in [-0.2, -0.15) is 0 Å². The van der Waals surface area contributed by atoms with Crippen molar-refractivity contribution in [1.29, 1.82) is 0 Å². The smallest absolute Gasteiger partial charge is 0.264 e. The number of sulfonamides is 1. The van der Waals surface area contributed by atoms with Crippen LogP contribution in [0.4, 0.5) is 11.4 Å². The van der Waals surface area contributed by atoms with Crippen LogP contribution in [0.15, 0.2) is 83.8 Å². The highest BCUT2D eigenvalue weighted by Gasteiger charge is 2.27. The van der Waals surface area contributed by atoms with Crippen LogP contribution in [-0.4, -0.2) is 52.5 Å². The molecule has 0 unspecified atom stereocenters. The molecule has 0 atom stereocenters. The summed E-state index contributed by atoms with van der Waals surface area (Å²) in [7, 11) is -2.35. The number of halogens is 1. The van der Waals surface area contributed by atoms with E-state index in [2.05, 4.69) is 4.90 Å². The Labute approximate surface area is 193 Å². The van der Waals surface area contributed by atoms with Crippen molar-refractivity contribution in [3.05, 3.63) is 89.4 Å². The zero-order chi connectivity index (χ0) is 22.7. The van der Waals surface area contributed by atoms with Gasteiger partial charge in [0.2, 0.25) is 0 Å². The molecule has 1 amide bonds. The van der Waals surface area contributed by atoms with Gasteiger partial charge in [0.15, 0.2) is 0 Å². The van der Waals surface area contributed by atoms with Gasteiger partial charge in [-0.15, -0.1) is 0 Å². The van der Waals surface area contributed by atoms with Gasteiger partial charge < -0.3 is 9.80 Å². The summed E-state index contributed by atoms with van der Waals surface area (Å²) in [5.41, 5.74) is 1.85. The van der Waals surface area contributed by atoms with Crippen LogP contribution in [0.1, 0.15) is 10.4 Å². The number of piperazine rings is 1. The van der Waals surface area contributed by atoms with Crippen molar-refractivity contribution in [2.75, 3.05) is 42.4 Å². The fourth-order valence-electron chi connectivity index (χ4n) is 3.74. The Morgan fingerprint density at radius 2 is 1.47 bits per heavy atom. The predicted octanol–water partition coefficient (Wildman–Crippen LogP) is 4.13. The van der Waals surface area contributed by atoms with Gasteiger partial charge in [-0.25, -0.2) is 8.42 Å². The molecule has 8 heteroatoms. The molecule has 1 aliphatic rings. The lowest BCUT2D eigenvalue weighted by atomic mass is 10.1. The average molecular weight is 470 g/mol. The van der Waals surface area contributed by atoms with Gasteiger partial charge in [0.05, 0.1) is 21.2 Å². The van der Waals surface area contributed by atoms with E-state index in [9.17, 15) is 13.2 Å². The van der Waals surface area contributed by atoms with Crippen LogP contribution in [0.2, 0.25) is 5.02 Å². The molecule has 32 heavy (non-hydrogen) atoms. The van der Waals surface area contributed by atoms with Gasteiger partial charge in [-0.3, -0.25) is 9.10 Å². The third-order valence-corrected chi connectivity index (χ3v) is 7.75. The van der Waals surface area contributed by atoms with Gasteiger partial charge >= 0.3 is 0 Å². The van der Waals surface area contributed by atoms with E-state index in [0.29, 0.717) is 31.9 Å². The van der Waals surface area contributed by atoms with E-state index in [1.807, 2.05) is 36.4 Å². The highest BCUT2D eigenvalue weighted by atomic mass is 35.5. The van der Waals surface area contributed by atoms with Gasteiger partial charge in [0.1, 0.15) is 0 Å². The van der Waals surface area contributed by atoms with Crippen LogP contribution in [0.25, 0.3) is 0 Å². The first-order chi connectivity index (χ1) is 15.4. The Morgan fingerprint density at radius 3 is 2.09 bits per heavy atom. The highest BCUT2D eigenvalue weighted by Crippen LogP contribution is 2.27. The number of hydrogen-bond donors (Lipinski definition) is 0. The van der Waals surface area contributed by atoms with Crippen molar-refractivity contribution in [2.45, 2.75) is 4.90 Å². The maximum absolute atomic E-state index is 13.2. The molecule has 1 fully saturated rings. The zero-order valence-corrected chi connectivity index (χ0v) is 19.3. The van der Waals surface area contributed by atoms with E-state index in [1.165, 1.54) is 29.6 Å². The van der Waals surface area contributed by atoms with E-state index < -0.39 is 10.0 Å². The molecular weight excluding hydrogens is 446 g/mol. The summed E-state index contributed by atoms with van der Waals surface area (Å²) in [6.07, 6.45) is 0. The Hall–Kier alpha value is -3.03. The molecule has 1 heterocycles. The number of amides is 1. The quantitative estimate of drug-likeness (QED) is 0.563. The third kappa shape index (κ3) is 4.45. The molecule has 0 spiro atoms. The largest absolute Gasteiger partial charge is 0.368 e. The molecule has 4 rings (SSSR count). The number of benzene rings is 3. The maximum atomic E-state index is 13.2. The van der Waals surface area contributed by atoms with Gasteiger partial charge in [-0.1, -0.05) is 48.0 Å². The molecule has 3 aromatic rings. The normalized spacial score (nSPS) is 14.3. The van der Waals surface area contributed by atoms with Crippen molar-refractivity contribution in [3.63, 3.8) is 0 Å². The van der Waals surface area contributed by atoms with E-state index in [0.717, 1.165) is 5.69 Å². The van der Waals surface area contributed by atoms with Crippen LogP contribution >= 0.6 is 11.6 Å². The lowest BCUT2D eigenvalue weighted by Crippen LogP contribution is -2.48. The highest BCUT2D eigenvalue weighted by molar-refractivity contribution is 7.92. The summed E-state index contributed by atoms with van der Waals surface area (Å²) in [5.74, 6) is -0.262. The van der Waals surface area contributed by atoms with Crippen molar-refractivity contribution in [2.24, 2.45) is 0 Å². The third-order valence-electron chi connectivity index (χ3n) is 5.63. The Balaban J connectivity index is 1.53. The summed E-state index contributed by atoms with van der Waals surface area (Å²) in [5, 5.41) is 0.238. The molecule has 166 valence electrons. The number of rotatable bonds is 5. The second-order valence-corrected chi connectivity index (χ2v) is 9.94. The summed E-state index contributed by atoms with van der Waals surface area (Å²) in [6, 6.07) is 23.1. The number of nitrogens with zero attached hydrogens (tertiary/aromatic N) is 3. The molecule has 0 bridgehead atoms. The first-order valence-electron chi connectivity index (χ1n) is 10.3. The van der Waals surface area contributed by atoms with Crippen molar-refractivity contribution in [3.8, 4) is 0 Å². The number of anilines is 2. The molecule has 0 radical (unpaired) electrons. The van der Waals surface area contributed by atoms with E-state index in [-0.39, 0.29) is 21.4 Å². The van der Waals surface area contributed by atoms with Crippen LogP contribution in [0.5, 0.6) is 0 Å². The topological polar surface area (TPSA) is 60.9 Å². The van der Waals surface area contributed by atoms with Crippen LogP contribution in [-0.2, 0) is 10.0 Å². The summed E-state index contributed by atoms with van der Waals surface area (Å²) >= 11 is 6.32. The first kappa shape index (κ1) is 22.2. The minimum atomic E-state index is -3.84. The lowest BCUT2D eigenvalue weighted by Gasteiger charge is -2.36. The molecule has 6 nitrogen and oxygen atoms in total. The second kappa shape index (κ2) is 9.22. The maximum Gasteiger partial charge on any atom is 0.264 e. The number of para-hydroxylation sites is 2. The Morgan fingerprint density at radius 1 is 0.875 bits per heavy atom. The SMILES string of the molecule is CN(c1ccccc1)S(=O)(=O)c1ccc(Cl)c(C(=O)N2CCN(c3ccccc3)CC2)c1. The molecule has 0 aromatic heterocycles. The molecule has 0 saturated carbocycles. The molecule has 3 aromatic carbocycles. The van der Waals surface area contributed by atoms with Crippen molar-refractivity contribution in [1.82, 2.24) is 4.90 Å². The van der Waals surface area contributed by atoms with Crippen LogP contribution in [0.3, 0.4) is 0 Å². The second-order valence-electron chi connectivity index (χ2n) is 7.56. The molecule has 0 aliphatic carbocycles. The molecule has 1 saturated heterocycles. The van der Waals surface area contributed by atoms with Gasteiger partial charge in [0.25, 0.3) is 15.9 Å². The Kier molecular flexibility index (Phi) is 6.39. The molecule has 1 aliphatic heterocycles. The van der Waals surface area contributed by atoms with Crippen LogP contribution in [0, 0.1) is 0 Å². The first-order valence-corrected chi connectivity index (χ1v) is 12.1. The van der Waals surface area contributed by atoms with Crippen LogP contribution < -0.4 is 9.21 Å². The zero-order valence-electron chi connectivity index (χ0n) is 17.7. The van der Waals surface area contributed by atoms with Crippen molar-refractivity contribution >= 4 is 38.9 Å². The fourth-order valence-corrected chi connectivity index (χ4v) is 5.16. The molecular formula is C24H24ClN3O3S. The van der Waals surface area contributed by atoms with E-state index in [1.54, 1.807) is 29.2 Å². The summed E-state index contributed by atoms with van der Waals surface area (Å²) in [6.45, 7) is 2.46. The average Bonchev–Trinajstić information content (AvgIpc) is 2.84. The van der Waals surface area contributed by atoms with Gasteiger partial charge in [0, 0.05) is 38.9 Å². The monoisotopic (exact) mass is 469 g/mol. The molecule has 0 N–H and O–H groups in total. The van der Waals surface area contributed by atoms with E-state index >= 15 is 0 Å². The summed E-state index contributed by atoms with van der Waals surface area (Å²) in [4.78, 5) is 17.2. The number of carbonyl (C=O) groups is 1. The lowest BCUT2D eigenvalue weighted by molar-refractivity contribution is 0.0746.